The normalized spacial score (nSPS) is 11.2. The van der Waals surface area contributed by atoms with Crippen LogP contribution in [0.5, 0.6) is 0 Å². The number of amides is 1. The topological polar surface area (TPSA) is 66.5 Å². The van der Waals surface area contributed by atoms with Gasteiger partial charge in [0.15, 0.2) is 0 Å². The fourth-order valence-electron chi connectivity index (χ4n) is 3.07. The van der Waals surface area contributed by atoms with Crippen LogP contribution in [0.25, 0.3) is 0 Å². The molecule has 0 atom stereocenters. The number of thioether (sulfide) groups is 1. The molecule has 0 aliphatic heterocycles. The molecule has 0 saturated heterocycles. The minimum atomic E-state index is -3.79. The lowest BCUT2D eigenvalue weighted by molar-refractivity contribution is 0.0957. The average Bonchev–Trinajstić information content (AvgIpc) is 2.79. The van der Waals surface area contributed by atoms with Crippen molar-refractivity contribution in [1.82, 2.24) is 5.32 Å². The first-order valence-corrected chi connectivity index (χ1v) is 13.0. The molecule has 168 valence electrons. The highest BCUT2D eigenvalue weighted by atomic mass is 35.5. The predicted molar refractivity (Wildman–Crippen MR) is 133 cm³/mol. The predicted octanol–water partition coefficient (Wildman–Crippen LogP) is 5.14. The molecular formula is C24H25ClN2O3S2. The maximum Gasteiger partial charge on any atom is 0.264 e. The van der Waals surface area contributed by atoms with Gasteiger partial charge in [-0.3, -0.25) is 9.10 Å². The van der Waals surface area contributed by atoms with E-state index in [2.05, 4.69) is 5.32 Å². The van der Waals surface area contributed by atoms with Gasteiger partial charge in [-0.05, 0) is 42.8 Å². The van der Waals surface area contributed by atoms with Gasteiger partial charge in [0.05, 0.1) is 16.1 Å². The van der Waals surface area contributed by atoms with Crippen LogP contribution < -0.4 is 9.62 Å². The number of halogens is 1. The fourth-order valence-corrected chi connectivity index (χ4v) is 5.43. The Balaban J connectivity index is 1.64. The molecule has 0 heterocycles. The molecule has 0 aliphatic rings. The summed E-state index contributed by atoms with van der Waals surface area (Å²) in [5.41, 5.74) is 2.66. The Bertz CT molecular complexity index is 1180. The monoisotopic (exact) mass is 488 g/mol. The van der Waals surface area contributed by atoms with E-state index in [0.29, 0.717) is 23.5 Å². The van der Waals surface area contributed by atoms with Crippen molar-refractivity contribution in [2.75, 3.05) is 23.7 Å². The molecule has 1 amide bonds. The summed E-state index contributed by atoms with van der Waals surface area (Å²) < 4.78 is 27.3. The Labute approximate surface area is 198 Å². The molecular weight excluding hydrogens is 464 g/mol. The molecule has 3 rings (SSSR count). The first-order valence-electron chi connectivity index (χ1n) is 10.0. The van der Waals surface area contributed by atoms with E-state index in [4.69, 9.17) is 11.6 Å². The third-order valence-corrected chi connectivity index (χ3v) is 8.08. The molecule has 0 saturated carbocycles. The Morgan fingerprint density at radius 3 is 2.38 bits per heavy atom. The summed E-state index contributed by atoms with van der Waals surface area (Å²) in [5, 5.41) is 3.61. The van der Waals surface area contributed by atoms with Crippen LogP contribution in [-0.2, 0) is 15.8 Å². The molecule has 0 bridgehead atoms. The summed E-state index contributed by atoms with van der Waals surface area (Å²) in [6.45, 7) is 2.35. The number of carbonyl (C=O) groups excluding carboxylic acids is 1. The van der Waals surface area contributed by atoms with Crippen LogP contribution >= 0.6 is 23.4 Å². The third-order valence-electron chi connectivity index (χ3n) is 4.91. The van der Waals surface area contributed by atoms with Crippen molar-refractivity contribution in [3.8, 4) is 0 Å². The highest BCUT2D eigenvalue weighted by molar-refractivity contribution is 7.98. The minimum absolute atomic E-state index is 0.178. The Morgan fingerprint density at radius 1 is 1.00 bits per heavy atom. The number of hydrogen-bond acceptors (Lipinski definition) is 4. The Morgan fingerprint density at radius 2 is 1.66 bits per heavy atom. The standard InChI is InChI=1S/C24H25ClN2O3S2/c1-18-11-13-20(14-12-18)32(29,30)27(2)23-10-6-4-8-21(23)24(28)26-15-16-31-17-19-7-3-5-9-22(19)25/h3-14H,15-17H2,1-2H3,(H,26,28). The average molecular weight is 489 g/mol. The second kappa shape index (κ2) is 10.9. The molecule has 3 aromatic carbocycles. The van der Waals surface area contributed by atoms with Gasteiger partial charge in [-0.15, -0.1) is 0 Å². The number of sulfonamides is 1. The summed E-state index contributed by atoms with van der Waals surface area (Å²) in [6.07, 6.45) is 0. The van der Waals surface area contributed by atoms with Gasteiger partial charge in [-0.1, -0.05) is 59.6 Å². The van der Waals surface area contributed by atoms with Crippen molar-refractivity contribution in [1.29, 1.82) is 0 Å². The SMILES string of the molecule is Cc1ccc(S(=O)(=O)N(C)c2ccccc2C(=O)NCCSCc2ccccc2Cl)cc1. The van der Waals surface area contributed by atoms with Gasteiger partial charge >= 0.3 is 0 Å². The van der Waals surface area contributed by atoms with Crippen LogP contribution in [0.4, 0.5) is 5.69 Å². The number of nitrogens with one attached hydrogen (secondary N) is 1. The fraction of sp³-hybridized carbons (Fsp3) is 0.208. The van der Waals surface area contributed by atoms with E-state index in [0.717, 1.165) is 26.2 Å². The van der Waals surface area contributed by atoms with Gasteiger partial charge in [0.2, 0.25) is 0 Å². The van der Waals surface area contributed by atoms with E-state index in [1.165, 1.54) is 7.05 Å². The number of aryl methyl sites for hydroxylation is 1. The first-order chi connectivity index (χ1) is 15.3. The summed E-state index contributed by atoms with van der Waals surface area (Å²) in [5.74, 6) is 1.14. The molecule has 8 heteroatoms. The van der Waals surface area contributed by atoms with Crippen LogP contribution in [0.15, 0.2) is 77.7 Å². The second-order valence-electron chi connectivity index (χ2n) is 7.20. The van der Waals surface area contributed by atoms with Crippen LogP contribution in [0.1, 0.15) is 21.5 Å². The van der Waals surface area contributed by atoms with Crippen molar-refractivity contribution < 1.29 is 13.2 Å². The molecule has 0 fully saturated rings. The van der Waals surface area contributed by atoms with Crippen LogP contribution in [0, 0.1) is 6.92 Å². The largest absolute Gasteiger partial charge is 0.351 e. The smallest absolute Gasteiger partial charge is 0.264 e. The van der Waals surface area contributed by atoms with Gasteiger partial charge in [-0.25, -0.2) is 8.42 Å². The number of hydrogen-bond donors (Lipinski definition) is 1. The Kier molecular flexibility index (Phi) is 8.23. The quantitative estimate of drug-likeness (QED) is 0.424. The molecule has 0 radical (unpaired) electrons. The highest BCUT2D eigenvalue weighted by Crippen LogP contribution is 2.26. The number of carbonyl (C=O) groups is 1. The van der Waals surface area contributed by atoms with E-state index in [-0.39, 0.29) is 10.8 Å². The van der Waals surface area contributed by atoms with Crippen molar-refractivity contribution in [2.45, 2.75) is 17.6 Å². The van der Waals surface area contributed by atoms with Gasteiger partial charge in [-0.2, -0.15) is 11.8 Å². The van der Waals surface area contributed by atoms with Crippen LogP contribution in [0.3, 0.4) is 0 Å². The first kappa shape index (κ1) is 24.2. The molecule has 5 nitrogen and oxygen atoms in total. The van der Waals surface area contributed by atoms with Gasteiger partial charge in [0.1, 0.15) is 0 Å². The summed E-state index contributed by atoms with van der Waals surface area (Å²) in [7, 11) is -2.33. The van der Waals surface area contributed by atoms with Crippen molar-refractivity contribution in [2.24, 2.45) is 0 Å². The van der Waals surface area contributed by atoms with Crippen LogP contribution in [-0.4, -0.2) is 33.7 Å². The van der Waals surface area contributed by atoms with E-state index in [1.54, 1.807) is 60.3 Å². The molecule has 1 N–H and O–H groups in total. The van der Waals surface area contributed by atoms with E-state index in [9.17, 15) is 13.2 Å². The molecule has 3 aromatic rings. The van der Waals surface area contributed by atoms with E-state index in [1.807, 2.05) is 31.2 Å². The zero-order chi connectivity index (χ0) is 23.1. The summed E-state index contributed by atoms with van der Waals surface area (Å²) in [6, 6.07) is 21.0. The number of rotatable bonds is 9. The maximum absolute atomic E-state index is 13.1. The van der Waals surface area contributed by atoms with Crippen LogP contribution in [0.2, 0.25) is 5.02 Å². The molecule has 0 aliphatic carbocycles. The second-order valence-corrected chi connectivity index (χ2v) is 10.7. The Hall–Kier alpha value is -2.48. The minimum Gasteiger partial charge on any atom is -0.351 e. The lowest BCUT2D eigenvalue weighted by Crippen LogP contribution is -2.31. The lowest BCUT2D eigenvalue weighted by atomic mass is 10.1. The zero-order valence-corrected chi connectivity index (χ0v) is 20.3. The highest BCUT2D eigenvalue weighted by Gasteiger charge is 2.24. The van der Waals surface area contributed by atoms with Crippen molar-refractivity contribution >= 4 is 45.0 Å². The molecule has 0 spiro atoms. The number of benzene rings is 3. The maximum atomic E-state index is 13.1. The van der Waals surface area contributed by atoms with Gasteiger partial charge < -0.3 is 5.32 Å². The molecule has 32 heavy (non-hydrogen) atoms. The zero-order valence-electron chi connectivity index (χ0n) is 17.9. The van der Waals surface area contributed by atoms with Gasteiger partial charge in [0.25, 0.3) is 15.9 Å². The van der Waals surface area contributed by atoms with Gasteiger partial charge in [0, 0.05) is 30.1 Å². The van der Waals surface area contributed by atoms with E-state index < -0.39 is 10.0 Å². The summed E-state index contributed by atoms with van der Waals surface area (Å²) in [4.78, 5) is 13.0. The summed E-state index contributed by atoms with van der Waals surface area (Å²) >= 11 is 7.83. The lowest BCUT2D eigenvalue weighted by Gasteiger charge is -2.22. The van der Waals surface area contributed by atoms with Crippen molar-refractivity contribution in [3.63, 3.8) is 0 Å². The third kappa shape index (κ3) is 5.85. The molecule has 0 aromatic heterocycles. The number of nitrogens with zero attached hydrogens (tertiary/aromatic N) is 1. The molecule has 0 unspecified atom stereocenters. The number of anilines is 1. The van der Waals surface area contributed by atoms with Crippen molar-refractivity contribution in [3.05, 3.63) is 94.5 Å². The van der Waals surface area contributed by atoms with E-state index >= 15 is 0 Å². The number of para-hydroxylation sites is 1.